The number of hydrogen-bond acceptors (Lipinski definition) is 5. The molecule has 2 heterocycles. The van der Waals surface area contributed by atoms with E-state index in [9.17, 15) is 9.59 Å². The lowest BCUT2D eigenvalue weighted by atomic mass is 10.2. The van der Waals surface area contributed by atoms with Gasteiger partial charge in [0.05, 0.1) is 12.1 Å². The van der Waals surface area contributed by atoms with Crippen LogP contribution in [0.2, 0.25) is 5.02 Å². The molecule has 128 valence electrons. The van der Waals surface area contributed by atoms with E-state index < -0.39 is 11.9 Å². The quantitative estimate of drug-likeness (QED) is 0.715. The monoisotopic (exact) mass is 360 g/mol. The van der Waals surface area contributed by atoms with Crippen molar-refractivity contribution in [3.8, 4) is 0 Å². The highest BCUT2D eigenvalue weighted by Crippen LogP contribution is 2.12. The number of amides is 1. The summed E-state index contributed by atoms with van der Waals surface area (Å²) >= 11 is 5.84. The molecule has 0 spiro atoms. The summed E-state index contributed by atoms with van der Waals surface area (Å²) in [6, 6.07) is 7.26. The number of nitrogens with zero attached hydrogens (tertiary/aromatic N) is 5. The van der Waals surface area contributed by atoms with Crippen molar-refractivity contribution >= 4 is 29.4 Å². The van der Waals surface area contributed by atoms with E-state index in [1.54, 1.807) is 16.8 Å². The minimum Gasteiger partial charge on any atom is -0.476 e. The Bertz CT molecular complexity index is 931. The van der Waals surface area contributed by atoms with Crippen LogP contribution in [0, 0.1) is 0 Å². The number of benzene rings is 1. The number of aromatic nitrogens is 5. The van der Waals surface area contributed by atoms with Crippen LogP contribution in [0.5, 0.6) is 0 Å². The highest BCUT2D eigenvalue weighted by molar-refractivity contribution is 6.30. The molecule has 0 unspecified atom stereocenters. The fourth-order valence-corrected chi connectivity index (χ4v) is 2.31. The van der Waals surface area contributed by atoms with Crippen molar-refractivity contribution in [1.82, 2.24) is 24.5 Å². The summed E-state index contributed by atoms with van der Waals surface area (Å²) < 4.78 is 2.80. The fourth-order valence-electron chi connectivity index (χ4n) is 2.19. The number of carboxylic acids is 1. The summed E-state index contributed by atoms with van der Waals surface area (Å²) in [7, 11) is 1.53. The zero-order valence-electron chi connectivity index (χ0n) is 13.0. The lowest BCUT2D eigenvalue weighted by Gasteiger charge is -2.01. The number of hydrogen-bond donors (Lipinski definition) is 2. The number of nitrogens with one attached hydrogen (secondary N) is 1. The molecule has 9 nitrogen and oxygen atoms in total. The molecule has 0 aliphatic carbocycles. The van der Waals surface area contributed by atoms with Gasteiger partial charge in [-0.1, -0.05) is 23.7 Å². The van der Waals surface area contributed by atoms with Crippen molar-refractivity contribution in [1.29, 1.82) is 0 Å². The average Bonchev–Trinajstić information content (AvgIpc) is 3.16. The van der Waals surface area contributed by atoms with Crippen molar-refractivity contribution in [2.75, 3.05) is 5.32 Å². The Morgan fingerprint density at radius 1 is 1.24 bits per heavy atom. The SMILES string of the molecule is Cn1cc(C(=O)Nc2ncn(Cc3ccc(Cl)cc3)n2)c(C(=O)O)n1. The van der Waals surface area contributed by atoms with E-state index in [0.29, 0.717) is 11.6 Å². The molecule has 0 bridgehead atoms. The molecule has 0 saturated carbocycles. The molecule has 1 amide bonds. The van der Waals surface area contributed by atoms with Crippen LogP contribution < -0.4 is 5.32 Å². The molecule has 3 aromatic rings. The highest BCUT2D eigenvalue weighted by Gasteiger charge is 2.21. The van der Waals surface area contributed by atoms with Gasteiger partial charge < -0.3 is 5.11 Å². The number of rotatable bonds is 5. The molecule has 10 heteroatoms. The second-order valence-electron chi connectivity index (χ2n) is 5.22. The Kier molecular flexibility index (Phi) is 4.48. The summed E-state index contributed by atoms with van der Waals surface area (Å²) in [6.45, 7) is 0.452. The van der Waals surface area contributed by atoms with Gasteiger partial charge in [0.25, 0.3) is 5.91 Å². The first-order valence-electron chi connectivity index (χ1n) is 7.14. The third-order valence-electron chi connectivity index (χ3n) is 3.30. The van der Waals surface area contributed by atoms with E-state index in [2.05, 4.69) is 20.5 Å². The van der Waals surface area contributed by atoms with Gasteiger partial charge in [-0.2, -0.15) is 5.10 Å². The number of anilines is 1. The lowest BCUT2D eigenvalue weighted by Crippen LogP contribution is -2.16. The lowest BCUT2D eigenvalue weighted by molar-refractivity contribution is 0.0685. The Hall–Kier alpha value is -3.20. The molecule has 2 N–H and O–H groups in total. The average molecular weight is 361 g/mol. The van der Waals surface area contributed by atoms with Crippen molar-refractivity contribution in [2.45, 2.75) is 6.54 Å². The van der Waals surface area contributed by atoms with Crippen LogP contribution in [-0.2, 0) is 13.6 Å². The summed E-state index contributed by atoms with van der Waals surface area (Å²) in [4.78, 5) is 27.3. The van der Waals surface area contributed by atoms with Crippen molar-refractivity contribution < 1.29 is 14.7 Å². The summed E-state index contributed by atoms with van der Waals surface area (Å²) in [5, 5.41) is 20.1. The number of aryl methyl sites for hydroxylation is 1. The topological polar surface area (TPSA) is 115 Å². The van der Waals surface area contributed by atoms with Crippen molar-refractivity contribution in [3.63, 3.8) is 0 Å². The maximum atomic E-state index is 12.2. The molecular weight excluding hydrogens is 348 g/mol. The van der Waals surface area contributed by atoms with Crippen molar-refractivity contribution in [2.24, 2.45) is 7.05 Å². The molecule has 1 aromatic carbocycles. The second kappa shape index (κ2) is 6.73. The maximum absolute atomic E-state index is 12.2. The molecule has 0 radical (unpaired) electrons. The maximum Gasteiger partial charge on any atom is 0.357 e. The summed E-state index contributed by atoms with van der Waals surface area (Å²) in [6.07, 6.45) is 2.79. The number of aromatic carboxylic acids is 1. The molecule has 0 atom stereocenters. The summed E-state index contributed by atoms with van der Waals surface area (Å²) in [5.41, 5.74) is 0.567. The van der Waals surface area contributed by atoms with Crippen LogP contribution in [-0.4, -0.2) is 41.5 Å². The van der Waals surface area contributed by atoms with Gasteiger partial charge in [-0.05, 0) is 17.7 Å². The first-order valence-corrected chi connectivity index (χ1v) is 7.52. The van der Waals surface area contributed by atoms with Gasteiger partial charge in [0.2, 0.25) is 5.95 Å². The van der Waals surface area contributed by atoms with Gasteiger partial charge in [0, 0.05) is 18.3 Å². The third-order valence-corrected chi connectivity index (χ3v) is 3.55. The Morgan fingerprint density at radius 3 is 2.64 bits per heavy atom. The number of carboxylic acid groups (broad SMARTS) is 1. The molecule has 2 aromatic heterocycles. The Labute approximate surface area is 146 Å². The minimum absolute atomic E-state index is 0.0657. The van der Waals surface area contributed by atoms with Crippen LogP contribution in [0.4, 0.5) is 5.95 Å². The van der Waals surface area contributed by atoms with Gasteiger partial charge >= 0.3 is 5.97 Å². The molecule has 0 fully saturated rings. The molecule has 0 aliphatic rings. The third kappa shape index (κ3) is 3.83. The Morgan fingerprint density at radius 2 is 1.96 bits per heavy atom. The highest BCUT2D eigenvalue weighted by atomic mass is 35.5. The molecular formula is C15H13ClN6O3. The van der Waals surface area contributed by atoms with Crippen LogP contribution in [0.3, 0.4) is 0 Å². The van der Waals surface area contributed by atoms with Gasteiger partial charge in [0.1, 0.15) is 6.33 Å². The zero-order valence-corrected chi connectivity index (χ0v) is 13.8. The first-order chi connectivity index (χ1) is 11.9. The van der Waals surface area contributed by atoms with E-state index in [1.807, 2.05) is 12.1 Å². The van der Waals surface area contributed by atoms with Crippen LogP contribution in [0.25, 0.3) is 0 Å². The van der Waals surface area contributed by atoms with Gasteiger partial charge in [-0.3, -0.25) is 14.8 Å². The van der Waals surface area contributed by atoms with E-state index in [-0.39, 0.29) is 17.2 Å². The minimum atomic E-state index is -1.29. The van der Waals surface area contributed by atoms with Crippen LogP contribution >= 0.6 is 11.6 Å². The predicted molar refractivity (Wildman–Crippen MR) is 88.7 cm³/mol. The largest absolute Gasteiger partial charge is 0.476 e. The molecule has 0 saturated heterocycles. The Balaban J connectivity index is 1.72. The van der Waals surface area contributed by atoms with E-state index in [4.69, 9.17) is 16.7 Å². The van der Waals surface area contributed by atoms with E-state index in [0.717, 1.165) is 5.56 Å². The number of carbonyl (C=O) groups excluding carboxylic acids is 1. The zero-order chi connectivity index (χ0) is 18.0. The number of halogens is 1. The smallest absolute Gasteiger partial charge is 0.357 e. The van der Waals surface area contributed by atoms with Gasteiger partial charge in [-0.15, -0.1) is 5.10 Å². The summed E-state index contributed by atoms with van der Waals surface area (Å²) in [5.74, 6) is -1.86. The fraction of sp³-hybridized carbons (Fsp3) is 0.133. The molecule has 0 aliphatic heterocycles. The molecule has 3 rings (SSSR count). The predicted octanol–water partition coefficient (Wildman–Crippen LogP) is 1.66. The van der Waals surface area contributed by atoms with E-state index >= 15 is 0 Å². The van der Waals surface area contributed by atoms with Crippen molar-refractivity contribution in [3.05, 3.63) is 58.6 Å². The van der Waals surface area contributed by atoms with E-state index in [1.165, 1.54) is 24.3 Å². The normalized spacial score (nSPS) is 10.6. The standard InChI is InChI=1S/C15H13ClN6O3/c1-21-7-11(12(19-21)14(24)25)13(23)18-15-17-8-22(20-15)6-9-2-4-10(16)5-3-9/h2-5,7-8H,6H2,1H3,(H,24,25)(H,18,20,23). The molecule has 25 heavy (non-hydrogen) atoms. The van der Waals surface area contributed by atoms with Crippen LogP contribution in [0.1, 0.15) is 26.4 Å². The second-order valence-corrected chi connectivity index (χ2v) is 5.65. The van der Waals surface area contributed by atoms with Crippen LogP contribution in [0.15, 0.2) is 36.8 Å². The van der Waals surface area contributed by atoms with Gasteiger partial charge in [0.15, 0.2) is 5.69 Å². The first kappa shape index (κ1) is 16.7. The van der Waals surface area contributed by atoms with Gasteiger partial charge in [-0.25, -0.2) is 14.5 Å². The number of carbonyl (C=O) groups is 2.